The number of carbonyl (C=O) groups is 1. The molecule has 0 unspecified atom stereocenters. The lowest BCUT2D eigenvalue weighted by Crippen LogP contribution is -2.39. The Labute approximate surface area is 143 Å². The molecule has 0 bridgehead atoms. The molecule has 1 aromatic carbocycles. The maximum Gasteiger partial charge on any atom is 0.240 e. The van der Waals surface area contributed by atoms with E-state index in [0.29, 0.717) is 18.5 Å². The minimum Gasteiger partial charge on any atom is -0.338 e. The van der Waals surface area contributed by atoms with Crippen LogP contribution in [-0.4, -0.2) is 35.6 Å². The van der Waals surface area contributed by atoms with Crippen molar-refractivity contribution in [3.63, 3.8) is 0 Å². The molecule has 24 heavy (non-hydrogen) atoms. The first kappa shape index (κ1) is 16.7. The van der Waals surface area contributed by atoms with Gasteiger partial charge in [-0.2, -0.15) is 0 Å². The van der Waals surface area contributed by atoms with Gasteiger partial charge in [-0.3, -0.25) is 15.0 Å². The van der Waals surface area contributed by atoms with E-state index in [2.05, 4.69) is 15.4 Å². The number of amides is 1. The van der Waals surface area contributed by atoms with Crippen LogP contribution >= 0.6 is 0 Å². The predicted molar refractivity (Wildman–Crippen MR) is 94.8 cm³/mol. The molecule has 5 nitrogen and oxygen atoms in total. The molecule has 1 heterocycles. The average Bonchev–Trinajstić information content (AvgIpc) is 3.04. The highest BCUT2D eigenvalue weighted by molar-refractivity contribution is 5.91. The van der Waals surface area contributed by atoms with Crippen LogP contribution < -0.4 is 5.32 Å². The Balaban J connectivity index is 1.56. The predicted octanol–water partition coefficient (Wildman–Crippen LogP) is 3.85. The highest BCUT2D eigenvalue weighted by Crippen LogP contribution is 2.23. The van der Waals surface area contributed by atoms with E-state index in [9.17, 15) is 4.79 Å². The van der Waals surface area contributed by atoms with Gasteiger partial charge >= 0.3 is 0 Å². The zero-order chi connectivity index (χ0) is 16.9. The van der Waals surface area contributed by atoms with Crippen molar-refractivity contribution in [2.75, 3.05) is 18.9 Å². The molecule has 0 saturated heterocycles. The average molecular weight is 327 g/mol. The summed E-state index contributed by atoms with van der Waals surface area (Å²) in [7, 11) is 2.02. The molecule has 1 fully saturated rings. The number of nitrogens with zero attached hydrogens (tertiary/aromatic N) is 2. The summed E-state index contributed by atoms with van der Waals surface area (Å²) in [6.07, 6.45) is 6.21. The van der Waals surface area contributed by atoms with Gasteiger partial charge < -0.3 is 4.52 Å². The van der Waals surface area contributed by atoms with Crippen molar-refractivity contribution in [3.8, 4) is 11.3 Å². The van der Waals surface area contributed by atoms with E-state index in [1.54, 1.807) is 6.07 Å². The fourth-order valence-electron chi connectivity index (χ4n) is 3.25. The SMILES string of the molecule is Cc1ccc(-c2cc(NC(=O)CN(C)C3CCCCC3)on2)cc1. The fourth-order valence-corrected chi connectivity index (χ4v) is 3.25. The number of rotatable bonds is 5. The molecule has 0 atom stereocenters. The van der Waals surface area contributed by atoms with Crippen molar-refractivity contribution in [1.29, 1.82) is 0 Å². The normalized spacial score (nSPS) is 15.6. The van der Waals surface area contributed by atoms with Crippen LogP contribution in [0.2, 0.25) is 0 Å². The highest BCUT2D eigenvalue weighted by atomic mass is 16.5. The van der Waals surface area contributed by atoms with E-state index in [-0.39, 0.29) is 5.91 Å². The number of hydrogen-bond acceptors (Lipinski definition) is 4. The molecule has 1 aromatic heterocycles. The number of likely N-dealkylation sites (N-methyl/N-ethyl adjacent to an activating group) is 1. The topological polar surface area (TPSA) is 58.4 Å². The number of anilines is 1. The van der Waals surface area contributed by atoms with Crippen LogP contribution in [0, 0.1) is 6.92 Å². The summed E-state index contributed by atoms with van der Waals surface area (Å²) in [6.45, 7) is 2.42. The number of aryl methyl sites for hydroxylation is 1. The van der Waals surface area contributed by atoms with Gasteiger partial charge in [0.2, 0.25) is 11.8 Å². The Hall–Kier alpha value is -2.14. The molecule has 1 aliphatic carbocycles. The third-order valence-corrected chi connectivity index (χ3v) is 4.71. The van der Waals surface area contributed by atoms with E-state index in [0.717, 1.165) is 11.3 Å². The molecule has 0 aliphatic heterocycles. The highest BCUT2D eigenvalue weighted by Gasteiger charge is 2.20. The van der Waals surface area contributed by atoms with E-state index < -0.39 is 0 Å². The maximum atomic E-state index is 12.2. The first-order chi connectivity index (χ1) is 11.6. The second-order valence-electron chi connectivity index (χ2n) is 6.70. The number of aromatic nitrogens is 1. The zero-order valence-electron chi connectivity index (χ0n) is 14.4. The molecule has 1 aliphatic rings. The van der Waals surface area contributed by atoms with Crippen molar-refractivity contribution in [2.24, 2.45) is 0 Å². The smallest absolute Gasteiger partial charge is 0.240 e. The lowest BCUT2D eigenvalue weighted by atomic mass is 9.94. The van der Waals surface area contributed by atoms with Gasteiger partial charge in [0.15, 0.2) is 0 Å². The first-order valence-electron chi connectivity index (χ1n) is 8.65. The van der Waals surface area contributed by atoms with E-state index >= 15 is 0 Å². The van der Waals surface area contributed by atoms with Crippen LogP contribution in [0.25, 0.3) is 11.3 Å². The van der Waals surface area contributed by atoms with Crippen LogP contribution in [0.15, 0.2) is 34.9 Å². The van der Waals surface area contributed by atoms with Crippen LogP contribution in [0.3, 0.4) is 0 Å². The molecule has 3 rings (SSSR count). The van der Waals surface area contributed by atoms with Gasteiger partial charge in [-0.05, 0) is 26.8 Å². The minimum atomic E-state index is -0.0605. The van der Waals surface area contributed by atoms with E-state index in [1.807, 2.05) is 38.2 Å². The molecule has 1 N–H and O–H groups in total. The molecule has 1 amide bonds. The molecular formula is C19H25N3O2. The molecule has 0 spiro atoms. The number of benzene rings is 1. The molecule has 1 saturated carbocycles. The first-order valence-corrected chi connectivity index (χ1v) is 8.65. The van der Waals surface area contributed by atoms with Crippen molar-refractivity contribution in [3.05, 3.63) is 35.9 Å². The molecule has 5 heteroatoms. The third-order valence-electron chi connectivity index (χ3n) is 4.71. The monoisotopic (exact) mass is 327 g/mol. The van der Waals surface area contributed by atoms with Crippen molar-refractivity contribution in [2.45, 2.75) is 45.1 Å². The van der Waals surface area contributed by atoms with Gasteiger partial charge in [0.25, 0.3) is 0 Å². The van der Waals surface area contributed by atoms with Gasteiger partial charge in [0.05, 0.1) is 6.54 Å². The molecule has 128 valence electrons. The Morgan fingerprint density at radius 3 is 2.67 bits per heavy atom. The zero-order valence-corrected chi connectivity index (χ0v) is 14.4. The number of hydrogen-bond donors (Lipinski definition) is 1. The van der Waals surface area contributed by atoms with Crippen LogP contribution in [0.1, 0.15) is 37.7 Å². The largest absolute Gasteiger partial charge is 0.338 e. The molecule has 0 radical (unpaired) electrons. The van der Waals surface area contributed by atoms with Crippen LogP contribution in [0.4, 0.5) is 5.88 Å². The van der Waals surface area contributed by atoms with Crippen molar-refractivity contribution >= 4 is 11.8 Å². The lowest BCUT2D eigenvalue weighted by Gasteiger charge is -2.30. The lowest BCUT2D eigenvalue weighted by molar-refractivity contribution is -0.117. The third kappa shape index (κ3) is 4.23. The Morgan fingerprint density at radius 2 is 1.96 bits per heavy atom. The van der Waals surface area contributed by atoms with E-state index in [1.165, 1.54) is 37.7 Å². The second kappa shape index (κ2) is 7.62. The summed E-state index contributed by atoms with van der Waals surface area (Å²) in [6, 6.07) is 10.3. The summed E-state index contributed by atoms with van der Waals surface area (Å²) in [5.41, 5.74) is 2.90. The van der Waals surface area contributed by atoms with E-state index in [4.69, 9.17) is 4.52 Å². The van der Waals surface area contributed by atoms with Crippen molar-refractivity contribution in [1.82, 2.24) is 10.1 Å². The summed E-state index contributed by atoms with van der Waals surface area (Å²) in [5.74, 6) is 0.335. The Morgan fingerprint density at radius 1 is 1.25 bits per heavy atom. The minimum absolute atomic E-state index is 0.0605. The maximum absolute atomic E-state index is 12.2. The molecular weight excluding hydrogens is 302 g/mol. The van der Waals surface area contributed by atoms with Crippen LogP contribution in [-0.2, 0) is 4.79 Å². The Bertz CT molecular complexity index is 672. The summed E-state index contributed by atoms with van der Waals surface area (Å²) in [5, 5.41) is 6.84. The molecule has 2 aromatic rings. The van der Waals surface area contributed by atoms with Gasteiger partial charge in [-0.1, -0.05) is 54.2 Å². The summed E-state index contributed by atoms with van der Waals surface area (Å²) >= 11 is 0. The van der Waals surface area contributed by atoms with Crippen LogP contribution in [0.5, 0.6) is 0 Å². The quantitative estimate of drug-likeness (QED) is 0.906. The van der Waals surface area contributed by atoms with Gasteiger partial charge in [0, 0.05) is 17.7 Å². The standard InChI is InChI=1S/C19H25N3O2/c1-14-8-10-15(11-9-14)17-12-19(24-21-17)20-18(23)13-22(2)16-6-4-3-5-7-16/h8-12,16H,3-7,13H2,1-2H3,(H,20,23). The second-order valence-corrected chi connectivity index (χ2v) is 6.70. The summed E-state index contributed by atoms with van der Waals surface area (Å²) in [4.78, 5) is 14.4. The fraction of sp³-hybridized carbons (Fsp3) is 0.474. The van der Waals surface area contributed by atoms with Gasteiger partial charge in [0.1, 0.15) is 5.69 Å². The number of nitrogens with one attached hydrogen (secondary N) is 1. The Kier molecular flexibility index (Phi) is 5.30. The summed E-state index contributed by atoms with van der Waals surface area (Å²) < 4.78 is 5.25. The van der Waals surface area contributed by atoms with Crippen molar-refractivity contribution < 1.29 is 9.32 Å². The van der Waals surface area contributed by atoms with Gasteiger partial charge in [-0.15, -0.1) is 0 Å². The van der Waals surface area contributed by atoms with Gasteiger partial charge in [-0.25, -0.2) is 0 Å². The number of carbonyl (C=O) groups excluding carboxylic acids is 1.